The van der Waals surface area contributed by atoms with Crippen molar-refractivity contribution in [1.29, 1.82) is 0 Å². The lowest BCUT2D eigenvalue weighted by Gasteiger charge is -2.18. The number of benzene rings is 1. The molecule has 1 aromatic carbocycles. The van der Waals surface area contributed by atoms with Crippen LogP contribution in [0.5, 0.6) is 0 Å². The molecule has 0 aliphatic heterocycles. The summed E-state index contributed by atoms with van der Waals surface area (Å²) in [6.45, 7) is 4.21. The number of hydrogen-bond donors (Lipinski definition) is 1. The molecule has 0 spiro atoms. The van der Waals surface area contributed by atoms with Crippen LogP contribution < -0.4 is 15.8 Å². The zero-order valence-electron chi connectivity index (χ0n) is 11.1. The number of fused-ring (bicyclic) bond motifs is 1. The van der Waals surface area contributed by atoms with Crippen molar-refractivity contribution in [3.05, 3.63) is 34.7 Å². The van der Waals surface area contributed by atoms with Crippen LogP contribution in [0.25, 0.3) is 12.2 Å². The second-order valence-corrected chi connectivity index (χ2v) is 5.04. The monoisotopic (exact) mass is 243 g/mol. The van der Waals surface area contributed by atoms with Gasteiger partial charge in [0.1, 0.15) is 0 Å². The van der Waals surface area contributed by atoms with Crippen LogP contribution in [0.2, 0.25) is 0 Å². The first-order chi connectivity index (χ1) is 8.70. The highest BCUT2D eigenvalue weighted by Crippen LogP contribution is 2.09. The first-order valence-corrected chi connectivity index (χ1v) is 6.78. The van der Waals surface area contributed by atoms with Gasteiger partial charge in [0.15, 0.2) is 0 Å². The average Bonchev–Trinajstić information content (AvgIpc) is 2.38. The van der Waals surface area contributed by atoms with Crippen LogP contribution in [0.15, 0.2) is 24.3 Å². The van der Waals surface area contributed by atoms with E-state index in [2.05, 4.69) is 43.4 Å². The van der Waals surface area contributed by atoms with Gasteiger partial charge in [-0.3, -0.25) is 4.79 Å². The Morgan fingerprint density at radius 3 is 2.83 bits per heavy atom. The molecule has 0 aromatic heterocycles. The zero-order chi connectivity index (χ0) is 13.0. The fourth-order valence-electron chi connectivity index (χ4n) is 2.43. The van der Waals surface area contributed by atoms with E-state index in [4.69, 9.17) is 0 Å². The Bertz CT molecular complexity index is 532. The molecule has 2 unspecified atom stereocenters. The predicted molar refractivity (Wildman–Crippen MR) is 75.2 cm³/mol. The van der Waals surface area contributed by atoms with Gasteiger partial charge in [-0.25, -0.2) is 0 Å². The average molecular weight is 243 g/mol. The smallest absolute Gasteiger partial charge is 0.227 e. The number of amides is 1. The Morgan fingerprint density at radius 1 is 1.39 bits per heavy atom. The van der Waals surface area contributed by atoms with Crippen LogP contribution in [0.4, 0.5) is 0 Å². The molecule has 2 nitrogen and oxygen atoms in total. The highest BCUT2D eigenvalue weighted by atomic mass is 16.1. The van der Waals surface area contributed by atoms with Crippen LogP contribution in [0.1, 0.15) is 33.1 Å². The van der Waals surface area contributed by atoms with Crippen molar-refractivity contribution in [3.63, 3.8) is 0 Å². The largest absolute Gasteiger partial charge is 0.353 e. The van der Waals surface area contributed by atoms with E-state index in [-0.39, 0.29) is 17.9 Å². The molecule has 1 aliphatic carbocycles. The summed E-state index contributed by atoms with van der Waals surface area (Å²) in [4.78, 5) is 12.1. The second kappa shape index (κ2) is 5.85. The van der Waals surface area contributed by atoms with Crippen molar-refractivity contribution in [2.45, 2.75) is 39.2 Å². The zero-order valence-corrected chi connectivity index (χ0v) is 11.1. The normalized spacial score (nSPS) is 19.1. The lowest BCUT2D eigenvalue weighted by atomic mass is 9.96. The first-order valence-electron chi connectivity index (χ1n) is 6.78. The van der Waals surface area contributed by atoms with Gasteiger partial charge in [0, 0.05) is 6.04 Å². The van der Waals surface area contributed by atoms with Crippen molar-refractivity contribution in [3.8, 4) is 0 Å². The maximum Gasteiger partial charge on any atom is 0.227 e. The van der Waals surface area contributed by atoms with Gasteiger partial charge in [-0.05, 0) is 30.2 Å². The van der Waals surface area contributed by atoms with E-state index in [1.165, 1.54) is 10.4 Å². The summed E-state index contributed by atoms with van der Waals surface area (Å²) in [6.07, 6.45) is 7.19. The van der Waals surface area contributed by atoms with Crippen molar-refractivity contribution in [2.75, 3.05) is 0 Å². The third-order valence-electron chi connectivity index (χ3n) is 3.42. The minimum Gasteiger partial charge on any atom is -0.353 e. The maximum atomic E-state index is 12.1. The minimum absolute atomic E-state index is 0.0146. The molecule has 2 atom stereocenters. The van der Waals surface area contributed by atoms with E-state index in [1.54, 1.807) is 0 Å². The van der Waals surface area contributed by atoms with Crippen molar-refractivity contribution in [2.24, 2.45) is 5.92 Å². The standard InChI is InChI=1S/C16H21NO/c1-3-6-12(2)17-16(18)15-10-9-13-7-4-5-8-14(13)11-15/h4-5,7-9,11-12,15H,3,6,10H2,1-2H3,(H,17,18). The Balaban J connectivity index is 2.09. The van der Waals surface area contributed by atoms with Crippen LogP contribution >= 0.6 is 0 Å². The fraction of sp³-hybridized carbons (Fsp3) is 0.438. The second-order valence-electron chi connectivity index (χ2n) is 5.04. The van der Waals surface area contributed by atoms with E-state index in [0.29, 0.717) is 0 Å². The molecular formula is C16H21NO. The SMILES string of the molecule is CCCC(C)NC(=O)C1C=c2ccccc2=CC1. The van der Waals surface area contributed by atoms with Crippen molar-refractivity contribution < 1.29 is 4.79 Å². The summed E-state index contributed by atoms with van der Waals surface area (Å²) in [5.74, 6) is 0.140. The van der Waals surface area contributed by atoms with Gasteiger partial charge in [0.25, 0.3) is 0 Å². The van der Waals surface area contributed by atoms with E-state index >= 15 is 0 Å². The molecule has 1 aromatic rings. The quantitative estimate of drug-likeness (QED) is 0.854. The van der Waals surface area contributed by atoms with Gasteiger partial charge < -0.3 is 5.32 Å². The van der Waals surface area contributed by atoms with Crippen LogP contribution in [-0.4, -0.2) is 11.9 Å². The van der Waals surface area contributed by atoms with E-state index in [0.717, 1.165) is 19.3 Å². The van der Waals surface area contributed by atoms with Gasteiger partial charge in [0.05, 0.1) is 5.92 Å². The van der Waals surface area contributed by atoms with Gasteiger partial charge in [-0.1, -0.05) is 49.8 Å². The van der Waals surface area contributed by atoms with Crippen LogP contribution in [-0.2, 0) is 4.79 Å². The number of carbonyl (C=O) groups excluding carboxylic acids is 1. The van der Waals surface area contributed by atoms with E-state index in [9.17, 15) is 4.79 Å². The molecule has 0 fully saturated rings. The highest BCUT2D eigenvalue weighted by Gasteiger charge is 2.17. The van der Waals surface area contributed by atoms with Gasteiger partial charge >= 0.3 is 0 Å². The molecule has 1 N–H and O–H groups in total. The van der Waals surface area contributed by atoms with Gasteiger partial charge in [-0.15, -0.1) is 0 Å². The highest BCUT2D eigenvalue weighted by molar-refractivity contribution is 5.85. The number of nitrogens with one attached hydrogen (secondary N) is 1. The Kier molecular flexibility index (Phi) is 4.19. The molecule has 96 valence electrons. The topological polar surface area (TPSA) is 29.1 Å². The number of hydrogen-bond acceptors (Lipinski definition) is 1. The molecule has 18 heavy (non-hydrogen) atoms. The molecular weight excluding hydrogens is 222 g/mol. The molecule has 0 heterocycles. The summed E-state index contributed by atoms with van der Waals surface area (Å²) < 4.78 is 0. The summed E-state index contributed by atoms with van der Waals surface area (Å²) in [5, 5.41) is 5.50. The van der Waals surface area contributed by atoms with Gasteiger partial charge in [-0.2, -0.15) is 0 Å². The predicted octanol–water partition coefficient (Wildman–Crippen LogP) is 1.57. The summed E-state index contributed by atoms with van der Waals surface area (Å²) in [5.41, 5.74) is 0. The molecule has 1 amide bonds. The van der Waals surface area contributed by atoms with Crippen LogP contribution in [0, 0.1) is 5.92 Å². The molecule has 2 rings (SSSR count). The number of rotatable bonds is 4. The van der Waals surface area contributed by atoms with Crippen LogP contribution in [0.3, 0.4) is 0 Å². The maximum absolute atomic E-state index is 12.1. The van der Waals surface area contributed by atoms with Crippen molar-refractivity contribution >= 4 is 18.1 Å². The lowest BCUT2D eigenvalue weighted by molar-refractivity contribution is -0.123. The summed E-state index contributed by atoms with van der Waals surface area (Å²) in [6, 6.07) is 8.49. The molecule has 1 aliphatic rings. The number of carbonyl (C=O) groups is 1. The molecule has 0 saturated heterocycles. The van der Waals surface area contributed by atoms with E-state index < -0.39 is 0 Å². The third-order valence-corrected chi connectivity index (χ3v) is 3.42. The minimum atomic E-state index is -0.0146. The Morgan fingerprint density at radius 2 is 2.11 bits per heavy atom. The molecule has 2 heteroatoms. The molecule has 0 saturated carbocycles. The lowest BCUT2D eigenvalue weighted by Crippen LogP contribution is -2.39. The summed E-state index contributed by atoms with van der Waals surface area (Å²) >= 11 is 0. The Hall–Kier alpha value is -1.57. The molecule has 0 bridgehead atoms. The fourth-order valence-corrected chi connectivity index (χ4v) is 2.43. The van der Waals surface area contributed by atoms with Crippen molar-refractivity contribution in [1.82, 2.24) is 5.32 Å². The molecule has 0 radical (unpaired) electrons. The Labute approximate surface area is 108 Å². The van der Waals surface area contributed by atoms with Gasteiger partial charge in [0.2, 0.25) is 5.91 Å². The summed E-state index contributed by atoms with van der Waals surface area (Å²) in [7, 11) is 0. The third kappa shape index (κ3) is 3.00. The first kappa shape index (κ1) is 12.9. The van der Waals surface area contributed by atoms with E-state index in [1.807, 2.05) is 12.1 Å².